The van der Waals surface area contributed by atoms with Gasteiger partial charge in [-0.1, -0.05) is 13.8 Å². The van der Waals surface area contributed by atoms with E-state index in [0.29, 0.717) is 25.0 Å². The minimum Gasteiger partial charge on any atom is -0.350 e. The van der Waals surface area contributed by atoms with Crippen LogP contribution in [0.25, 0.3) is 5.52 Å². The van der Waals surface area contributed by atoms with Gasteiger partial charge in [0.1, 0.15) is 11.3 Å². The zero-order chi connectivity index (χ0) is 17.3. The molecule has 3 heterocycles. The number of hydrogen-bond acceptors (Lipinski definition) is 6. The van der Waals surface area contributed by atoms with E-state index in [0.717, 1.165) is 30.6 Å². The summed E-state index contributed by atoms with van der Waals surface area (Å²) in [5, 5.41) is 7.87. The van der Waals surface area contributed by atoms with Crippen molar-refractivity contribution in [2.45, 2.75) is 39.2 Å². The van der Waals surface area contributed by atoms with Gasteiger partial charge in [0.15, 0.2) is 0 Å². The maximum absolute atomic E-state index is 11.6. The van der Waals surface area contributed by atoms with Gasteiger partial charge in [0.25, 0.3) is 0 Å². The molecule has 0 radical (unpaired) electrons. The van der Waals surface area contributed by atoms with E-state index in [1.807, 2.05) is 4.52 Å². The summed E-state index contributed by atoms with van der Waals surface area (Å²) < 4.78 is 26.5. The van der Waals surface area contributed by atoms with Crippen LogP contribution in [-0.2, 0) is 16.4 Å². The fraction of sp³-hybridized carbons (Fsp3) is 0.667. The largest absolute Gasteiger partial charge is 0.350 e. The minimum absolute atomic E-state index is 0.178. The van der Waals surface area contributed by atoms with Gasteiger partial charge in [-0.15, -0.1) is 5.10 Å². The Morgan fingerprint density at radius 3 is 2.54 bits per heavy atom. The molecule has 1 N–H and O–H groups in total. The fourth-order valence-electron chi connectivity index (χ4n) is 2.94. The lowest BCUT2D eigenvalue weighted by Crippen LogP contribution is -2.42. The molecule has 0 saturated carbocycles. The minimum atomic E-state index is -3.10. The number of anilines is 1. The van der Waals surface area contributed by atoms with E-state index in [-0.39, 0.29) is 6.04 Å². The number of sulfonamides is 1. The molecule has 8 nitrogen and oxygen atoms in total. The van der Waals surface area contributed by atoms with E-state index in [1.54, 1.807) is 12.4 Å². The summed E-state index contributed by atoms with van der Waals surface area (Å²) in [6.07, 6.45) is 7.16. The molecule has 1 aliphatic rings. The van der Waals surface area contributed by atoms with Crippen molar-refractivity contribution in [2.75, 3.05) is 24.7 Å². The molecule has 0 unspecified atom stereocenters. The number of piperidine rings is 1. The Kier molecular flexibility index (Phi) is 4.73. The lowest BCUT2D eigenvalue weighted by Gasteiger charge is -2.30. The number of rotatable bonds is 5. The highest BCUT2D eigenvalue weighted by atomic mass is 32.2. The second-order valence-corrected chi connectivity index (χ2v) is 8.75. The van der Waals surface area contributed by atoms with Crippen molar-refractivity contribution in [3.05, 3.63) is 18.2 Å². The molecule has 2 aromatic heterocycles. The predicted molar refractivity (Wildman–Crippen MR) is 92.4 cm³/mol. The first-order valence-electron chi connectivity index (χ1n) is 8.24. The maximum Gasteiger partial charge on any atom is 0.241 e. The van der Waals surface area contributed by atoms with Gasteiger partial charge in [-0.3, -0.25) is 0 Å². The highest BCUT2D eigenvalue weighted by Gasteiger charge is 2.25. The Labute approximate surface area is 142 Å². The zero-order valence-electron chi connectivity index (χ0n) is 14.3. The van der Waals surface area contributed by atoms with Crippen LogP contribution in [0.2, 0.25) is 0 Å². The topological polar surface area (TPSA) is 92.5 Å². The van der Waals surface area contributed by atoms with Gasteiger partial charge in [-0.05, 0) is 18.8 Å². The number of nitrogens with one attached hydrogen (secondary N) is 1. The molecule has 2 aromatic rings. The SMILES string of the molecule is CC(C)Cc1ncc2cnc(NC3CCN(S(C)(=O)=O)CC3)nn12. The molecule has 3 rings (SSSR count). The van der Waals surface area contributed by atoms with Crippen LogP contribution in [0.4, 0.5) is 5.95 Å². The van der Waals surface area contributed by atoms with Crippen LogP contribution in [0.3, 0.4) is 0 Å². The molecule has 0 aliphatic carbocycles. The summed E-state index contributed by atoms with van der Waals surface area (Å²) >= 11 is 0. The third kappa shape index (κ3) is 3.84. The summed E-state index contributed by atoms with van der Waals surface area (Å²) in [6, 6.07) is 0.178. The van der Waals surface area contributed by atoms with Gasteiger partial charge in [0, 0.05) is 25.6 Å². The second-order valence-electron chi connectivity index (χ2n) is 6.77. The van der Waals surface area contributed by atoms with Crippen LogP contribution in [0.1, 0.15) is 32.5 Å². The first kappa shape index (κ1) is 17.1. The number of hydrogen-bond donors (Lipinski definition) is 1. The highest BCUT2D eigenvalue weighted by Crippen LogP contribution is 2.17. The Hall–Kier alpha value is -1.74. The van der Waals surface area contributed by atoms with Crippen molar-refractivity contribution < 1.29 is 8.42 Å². The van der Waals surface area contributed by atoms with Crippen LogP contribution < -0.4 is 5.32 Å². The molecule has 24 heavy (non-hydrogen) atoms. The van der Waals surface area contributed by atoms with Crippen molar-refractivity contribution in [3.8, 4) is 0 Å². The van der Waals surface area contributed by atoms with Crippen LogP contribution in [-0.4, -0.2) is 57.7 Å². The van der Waals surface area contributed by atoms with Crippen molar-refractivity contribution in [1.82, 2.24) is 23.9 Å². The third-order valence-corrected chi connectivity index (χ3v) is 5.50. The lowest BCUT2D eigenvalue weighted by atomic mass is 10.1. The third-order valence-electron chi connectivity index (χ3n) is 4.20. The van der Waals surface area contributed by atoms with Crippen LogP contribution in [0, 0.1) is 5.92 Å². The van der Waals surface area contributed by atoms with E-state index in [1.165, 1.54) is 10.6 Å². The normalized spacial score (nSPS) is 17.7. The Morgan fingerprint density at radius 1 is 1.25 bits per heavy atom. The summed E-state index contributed by atoms with van der Waals surface area (Å²) in [5.41, 5.74) is 0.878. The molecule has 1 aliphatic heterocycles. The quantitative estimate of drug-likeness (QED) is 0.868. The molecule has 0 aromatic carbocycles. The number of imidazole rings is 1. The smallest absolute Gasteiger partial charge is 0.241 e. The summed E-state index contributed by atoms with van der Waals surface area (Å²) in [5.74, 6) is 1.99. The molecular weight excluding hydrogens is 328 g/mol. The summed E-state index contributed by atoms with van der Waals surface area (Å²) in [6.45, 7) is 5.36. The van der Waals surface area contributed by atoms with Crippen molar-refractivity contribution in [3.63, 3.8) is 0 Å². The summed E-state index contributed by atoms with van der Waals surface area (Å²) in [4.78, 5) is 8.77. The van der Waals surface area contributed by atoms with E-state index in [4.69, 9.17) is 0 Å². The molecule has 132 valence electrons. The molecule has 0 amide bonds. The van der Waals surface area contributed by atoms with Gasteiger partial charge in [0.05, 0.1) is 18.6 Å². The zero-order valence-corrected chi connectivity index (χ0v) is 15.1. The predicted octanol–water partition coefficient (Wildman–Crippen LogP) is 1.16. The molecule has 1 fully saturated rings. The Morgan fingerprint density at radius 2 is 1.92 bits per heavy atom. The summed E-state index contributed by atoms with van der Waals surface area (Å²) in [7, 11) is -3.10. The first-order chi connectivity index (χ1) is 11.3. The molecule has 0 spiro atoms. The molecule has 0 bridgehead atoms. The van der Waals surface area contributed by atoms with Gasteiger partial charge in [-0.25, -0.2) is 27.2 Å². The Bertz CT molecular complexity index is 808. The van der Waals surface area contributed by atoms with Crippen molar-refractivity contribution in [2.24, 2.45) is 5.92 Å². The molecule has 0 atom stereocenters. The van der Waals surface area contributed by atoms with E-state index >= 15 is 0 Å². The highest BCUT2D eigenvalue weighted by molar-refractivity contribution is 7.88. The molecular formula is C15H24N6O2S. The maximum atomic E-state index is 11.6. The van der Waals surface area contributed by atoms with Crippen LogP contribution in [0.15, 0.2) is 12.4 Å². The van der Waals surface area contributed by atoms with Gasteiger partial charge in [-0.2, -0.15) is 0 Å². The average molecular weight is 352 g/mol. The van der Waals surface area contributed by atoms with Gasteiger partial charge >= 0.3 is 0 Å². The standard InChI is InChI=1S/C15H24N6O2S/c1-11(2)8-14-16-9-13-10-17-15(19-21(13)14)18-12-4-6-20(7-5-12)24(3,22)23/h9-12H,4-8H2,1-3H3,(H,18,19). The van der Waals surface area contributed by atoms with E-state index in [2.05, 4.69) is 34.2 Å². The fourth-order valence-corrected chi connectivity index (χ4v) is 3.81. The van der Waals surface area contributed by atoms with E-state index < -0.39 is 10.0 Å². The molecule has 1 saturated heterocycles. The monoisotopic (exact) mass is 352 g/mol. The molecule has 9 heteroatoms. The van der Waals surface area contributed by atoms with E-state index in [9.17, 15) is 8.42 Å². The average Bonchev–Trinajstić information content (AvgIpc) is 2.89. The van der Waals surface area contributed by atoms with Gasteiger partial charge in [0.2, 0.25) is 16.0 Å². The van der Waals surface area contributed by atoms with Crippen molar-refractivity contribution >= 4 is 21.5 Å². The number of fused-ring (bicyclic) bond motifs is 1. The first-order valence-corrected chi connectivity index (χ1v) is 10.1. The second kappa shape index (κ2) is 6.64. The van der Waals surface area contributed by atoms with Crippen LogP contribution >= 0.6 is 0 Å². The Balaban J connectivity index is 1.70. The van der Waals surface area contributed by atoms with Crippen LogP contribution in [0.5, 0.6) is 0 Å². The lowest BCUT2D eigenvalue weighted by molar-refractivity contribution is 0.331. The number of nitrogens with zero attached hydrogens (tertiary/aromatic N) is 5. The number of aromatic nitrogens is 4. The van der Waals surface area contributed by atoms with Gasteiger partial charge < -0.3 is 5.32 Å². The van der Waals surface area contributed by atoms with Crippen molar-refractivity contribution in [1.29, 1.82) is 0 Å².